The number of carbonyl (C=O) groups excluding carboxylic acids is 2. The summed E-state index contributed by atoms with van der Waals surface area (Å²) in [6.45, 7) is 1.80. The van der Waals surface area contributed by atoms with Crippen LogP contribution in [0.3, 0.4) is 0 Å². The lowest BCUT2D eigenvalue weighted by atomic mass is 10.1. The van der Waals surface area contributed by atoms with Crippen LogP contribution in [0.4, 0.5) is 4.79 Å². The van der Waals surface area contributed by atoms with Crippen molar-refractivity contribution in [2.75, 3.05) is 26.2 Å². The zero-order valence-corrected chi connectivity index (χ0v) is 12.0. The molecule has 1 saturated heterocycles. The average molecular weight is 301 g/mol. The van der Waals surface area contributed by atoms with Crippen molar-refractivity contribution in [3.63, 3.8) is 0 Å². The molecule has 0 atom stereocenters. The number of carboxylic acids is 1. The van der Waals surface area contributed by atoms with E-state index in [2.05, 4.69) is 5.32 Å². The van der Waals surface area contributed by atoms with E-state index in [1.54, 1.807) is 4.90 Å². The molecule has 0 bridgehead atoms. The van der Waals surface area contributed by atoms with Gasteiger partial charge in [0.15, 0.2) is 0 Å². The molecule has 8 heteroatoms. The molecule has 0 aromatic carbocycles. The number of piperidine rings is 1. The van der Waals surface area contributed by atoms with E-state index >= 15 is 0 Å². The normalized spacial score (nSPS) is 15.7. The first kappa shape index (κ1) is 17.2. The molecular weight excluding hydrogens is 278 g/mol. The van der Waals surface area contributed by atoms with Crippen LogP contribution < -0.4 is 11.1 Å². The smallest absolute Gasteiger partial charge is 0.317 e. The van der Waals surface area contributed by atoms with E-state index in [1.807, 2.05) is 0 Å². The molecule has 0 radical (unpaired) electrons. The molecule has 8 nitrogen and oxygen atoms in total. The third kappa shape index (κ3) is 7.50. The van der Waals surface area contributed by atoms with Crippen molar-refractivity contribution in [2.24, 2.45) is 5.73 Å². The third-order valence-electron chi connectivity index (χ3n) is 3.27. The fourth-order valence-corrected chi connectivity index (χ4v) is 2.11. The van der Waals surface area contributed by atoms with Gasteiger partial charge in [-0.15, -0.1) is 0 Å². The number of carbonyl (C=O) groups is 3. The molecule has 4 N–H and O–H groups in total. The second-order valence-electron chi connectivity index (χ2n) is 5.00. The van der Waals surface area contributed by atoms with Crippen LogP contribution in [0.25, 0.3) is 0 Å². The van der Waals surface area contributed by atoms with Crippen molar-refractivity contribution in [1.29, 1.82) is 0 Å². The summed E-state index contributed by atoms with van der Waals surface area (Å²) in [5, 5.41) is 11.3. The number of aliphatic carboxylic acids is 1. The van der Waals surface area contributed by atoms with Gasteiger partial charge in [-0.3, -0.25) is 9.59 Å². The van der Waals surface area contributed by atoms with Gasteiger partial charge in [0, 0.05) is 26.1 Å². The number of hydrogen-bond donors (Lipinski definition) is 3. The Bertz CT molecular complexity index is 367. The Kier molecular flexibility index (Phi) is 7.52. The minimum atomic E-state index is -0.872. The van der Waals surface area contributed by atoms with Crippen LogP contribution in [-0.2, 0) is 14.3 Å². The molecule has 0 spiro atoms. The van der Waals surface area contributed by atoms with Gasteiger partial charge in [-0.1, -0.05) is 0 Å². The Hall–Kier alpha value is -1.83. The number of likely N-dealkylation sites (tertiary alicyclic amines) is 1. The lowest BCUT2D eigenvalue weighted by molar-refractivity contribution is -0.138. The highest BCUT2D eigenvalue weighted by atomic mass is 16.5. The molecule has 1 rings (SSSR count). The number of urea groups is 1. The molecule has 1 fully saturated rings. The van der Waals surface area contributed by atoms with E-state index < -0.39 is 5.97 Å². The Morgan fingerprint density at radius 2 is 1.90 bits per heavy atom. The molecule has 0 unspecified atom stereocenters. The first-order valence-corrected chi connectivity index (χ1v) is 7.13. The Balaban J connectivity index is 2.12. The molecular formula is C13H23N3O5. The quantitative estimate of drug-likeness (QED) is 0.541. The van der Waals surface area contributed by atoms with Crippen molar-refractivity contribution in [1.82, 2.24) is 10.2 Å². The summed E-state index contributed by atoms with van der Waals surface area (Å²) in [7, 11) is 0. The number of rotatable bonds is 8. The van der Waals surface area contributed by atoms with Crippen LogP contribution in [0.5, 0.6) is 0 Å². The fraction of sp³-hybridized carbons (Fsp3) is 0.769. The lowest BCUT2D eigenvalue weighted by Crippen LogP contribution is -2.46. The highest BCUT2D eigenvalue weighted by Crippen LogP contribution is 2.14. The number of amides is 3. The summed E-state index contributed by atoms with van der Waals surface area (Å²) in [6, 6.07) is -0.150. The Morgan fingerprint density at radius 1 is 1.24 bits per heavy atom. The number of carboxylic acid groups (broad SMARTS) is 1. The minimum absolute atomic E-state index is 0.000559. The van der Waals surface area contributed by atoms with Gasteiger partial charge < -0.3 is 25.8 Å². The summed E-state index contributed by atoms with van der Waals surface area (Å²) in [5.74, 6) is -1.24. The largest absolute Gasteiger partial charge is 0.481 e. The van der Waals surface area contributed by atoms with Crippen molar-refractivity contribution in [3.05, 3.63) is 0 Å². The second-order valence-corrected chi connectivity index (χ2v) is 5.00. The van der Waals surface area contributed by atoms with E-state index in [1.165, 1.54) is 0 Å². The van der Waals surface area contributed by atoms with E-state index in [4.69, 9.17) is 15.6 Å². The lowest BCUT2D eigenvalue weighted by Gasteiger charge is -2.31. The predicted molar refractivity (Wildman–Crippen MR) is 74.6 cm³/mol. The molecule has 0 aromatic heterocycles. The van der Waals surface area contributed by atoms with E-state index in [0.29, 0.717) is 38.9 Å². The number of hydrogen-bond acceptors (Lipinski definition) is 4. The van der Waals surface area contributed by atoms with E-state index in [9.17, 15) is 14.4 Å². The maximum atomic E-state index is 11.8. The number of nitrogens with one attached hydrogen (secondary N) is 1. The number of ether oxygens (including phenoxy) is 1. The average Bonchev–Trinajstić information content (AvgIpc) is 2.43. The maximum absolute atomic E-state index is 11.8. The molecule has 1 heterocycles. The van der Waals surface area contributed by atoms with Gasteiger partial charge in [0.05, 0.1) is 19.1 Å². The van der Waals surface area contributed by atoms with Gasteiger partial charge in [0.2, 0.25) is 5.91 Å². The van der Waals surface area contributed by atoms with Gasteiger partial charge in [-0.05, 0) is 19.3 Å². The van der Waals surface area contributed by atoms with Crippen LogP contribution in [0, 0.1) is 0 Å². The van der Waals surface area contributed by atoms with Crippen molar-refractivity contribution in [2.45, 2.75) is 38.2 Å². The van der Waals surface area contributed by atoms with Gasteiger partial charge in [-0.2, -0.15) is 0 Å². The fourth-order valence-electron chi connectivity index (χ4n) is 2.11. The summed E-state index contributed by atoms with van der Waals surface area (Å²) in [5.41, 5.74) is 5.01. The van der Waals surface area contributed by atoms with Gasteiger partial charge in [-0.25, -0.2) is 4.79 Å². The van der Waals surface area contributed by atoms with Gasteiger partial charge >= 0.3 is 12.0 Å². The third-order valence-corrected chi connectivity index (χ3v) is 3.27. The van der Waals surface area contributed by atoms with Crippen molar-refractivity contribution >= 4 is 17.9 Å². The predicted octanol–water partition coefficient (Wildman–Crippen LogP) is -0.0828. The molecule has 21 heavy (non-hydrogen) atoms. The van der Waals surface area contributed by atoms with Crippen LogP contribution >= 0.6 is 0 Å². The molecule has 1 aliphatic rings. The first-order valence-electron chi connectivity index (χ1n) is 7.13. The molecule has 120 valence electrons. The topological polar surface area (TPSA) is 122 Å². The molecule has 1 aliphatic heterocycles. The van der Waals surface area contributed by atoms with Crippen molar-refractivity contribution in [3.8, 4) is 0 Å². The Morgan fingerprint density at radius 3 is 2.48 bits per heavy atom. The molecule has 0 aliphatic carbocycles. The first-order chi connectivity index (χ1) is 9.99. The standard InChI is InChI=1S/C13H23N3O5/c14-11(17)2-1-6-15-13(20)16-7-3-10(4-8-16)21-9-5-12(18)19/h10H,1-9H2,(H2,14,17)(H,15,20)(H,18,19). The Labute approximate surface area is 123 Å². The van der Waals surface area contributed by atoms with Gasteiger partial charge in [0.25, 0.3) is 0 Å². The maximum Gasteiger partial charge on any atom is 0.317 e. The number of nitrogens with zero attached hydrogens (tertiary/aromatic N) is 1. The van der Waals surface area contributed by atoms with E-state index in [-0.39, 0.29) is 37.5 Å². The molecule has 0 aromatic rings. The SMILES string of the molecule is NC(=O)CCCNC(=O)N1CCC(OCCC(=O)O)CC1. The molecule has 3 amide bonds. The highest BCUT2D eigenvalue weighted by molar-refractivity contribution is 5.75. The van der Waals surface area contributed by atoms with Crippen molar-refractivity contribution < 1.29 is 24.2 Å². The van der Waals surface area contributed by atoms with Crippen LogP contribution in [0.1, 0.15) is 32.1 Å². The zero-order valence-electron chi connectivity index (χ0n) is 12.0. The van der Waals surface area contributed by atoms with Crippen LogP contribution in [0.2, 0.25) is 0 Å². The highest BCUT2D eigenvalue weighted by Gasteiger charge is 2.23. The monoisotopic (exact) mass is 301 g/mol. The summed E-state index contributed by atoms with van der Waals surface area (Å²) >= 11 is 0. The summed E-state index contributed by atoms with van der Waals surface area (Å²) in [4.78, 5) is 34.5. The summed E-state index contributed by atoms with van der Waals surface area (Å²) in [6.07, 6.45) is 2.22. The second kappa shape index (κ2) is 9.17. The number of primary amides is 1. The van der Waals surface area contributed by atoms with Crippen LogP contribution in [0.15, 0.2) is 0 Å². The van der Waals surface area contributed by atoms with Crippen LogP contribution in [-0.4, -0.2) is 60.3 Å². The molecule has 0 saturated carbocycles. The van der Waals surface area contributed by atoms with Gasteiger partial charge in [0.1, 0.15) is 0 Å². The van der Waals surface area contributed by atoms with E-state index in [0.717, 1.165) is 0 Å². The summed E-state index contributed by atoms with van der Waals surface area (Å²) < 4.78 is 5.46. The number of nitrogens with two attached hydrogens (primary N) is 1. The zero-order chi connectivity index (χ0) is 15.7. The minimum Gasteiger partial charge on any atom is -0.481 e.